The van der Waals surface area contributed by atoms with Gasteiger partial charge in [-0.3, -0.25) is 14.2 Å². The van der Waals surface area contributed by atoms with Crippen molar-refractivity contribution in [3.63, 3.8) is 0 Å². The molecule has 0 N–H and O–H groups in total. The summed E-state index contributed by atoms with van der Waals surface area (Å²) in [5.41, 5.74) is 3.48. The predicted molar refractivity (Wildman–Crippen MR) is 113 cm³/mol. The van der Waals surface area contributed by atoms with Crippen molar-refractivity contribution in [1.29, 1.82) is 0 Å². The molecule has 3 aromatic rings. The molecule has 1 aliphatic heterocycles. The van der Waals surface area contributed by atoms with Crippen molar-refractivity contribution in [3.8, 4) is 0 Å². The first kappa shape index (κ1) is 21.1. The minimum atomic E-state index is -0.543. The van der Waals surface area contributed by atoms with Crippen LogP contribution in [0.25, 0.3) is 11.1 Å². The number of Topliss-reactive ketones (excluding diaryl/α,β-unsaturated/α-hetero) is 1. The topological polar surface area (TPSA) is 92.7 Å². The molecule has 0 spiro atoms. The lowest BCUT2D eigenvalue weighted by molar-refractivity contribution is -0.142. The second-order valence-electron chi connectivity index (χ2n) is 7.85. The summed E-state index contributed by atoms with van der Waals surface area (Å²) in [6.45, 7) is 5.15. The first-order valence-electron chi connectivity index (χ1n) is 10.5. The number of rotatable bonds is 8. The van der Waals surface area contributed by atoms with Crippen LogP contribution in [0, 0.1) is 13.8 Å². The molecule has 164 valence electrons. The third-order valence-electron chi connectivity index (χ3n) is 5.76. The van der Waals surface area contributed by atoms with E-state index >= 15 is 0 Å². The summed E-state index contributed by atoms with van der Waals surface area (Å²) in [7, 11) is 0. The molecule has 0 saturated carbocycles. The molecule has 31 heavy (non-hydrogen) atoms. The van der Waals surface area contributed by atoms with E-state index in [1.165, 1.54) is 4.57 Å². The first-order chi connectivity index (χ1) is 14.9. The maximum atomic E-state index is 12.6. The van der Waals surface area contributed by atoms with Crippen molar-refractivity contribution < 1.29 is 23.5 Å². The number of carbonyl (C=O) groups excluding carboxylic acids is 2. The largest absolute Gasteiger partial charge is 0.457 e. The van der Waals surface area contributed by atoms with E-state index in [9.17, 15) is 14.4 Å². The van der Waals surface area contributed by atoms with E-state index in [0.717, 1.165) is 37.4 Å². The Morgan fingerprint density at radius 3 is 2.77 bits per heavy atom. The molecule has 8 heteroatoms. The van der Waals surface area contributed by atoms with Crippen molar-refractivity contribution in [2.75, 3.05) is 13.2 Å². The van der Waals surface area contributed by atoms with Crippen LogP contribution in [0.5, 0.6) is 0 Å². The Labute approximate surface area is 179 Å². The molecule has 1 aliphatic rings. The van der Waals surface area contributed by atoms with Gasteiger partial charge in [0.25, 0.3) is 0 Å². The highest BCUT2D eigenvalue weighted by molar-refractivity contribution is 5.99. The lowest BCUT2D eigenvalue weighted by atomic mass is 10.1. The molecule has 4 rings (SSSR count). The third-order valence-corrected chi connectivity index (χ3v) is 5.76. The average Bonchev–Trinajstić information content (AvgIpc) is 3.45. The molecule has 1 aromatic carbocycles. The molecule has 0 radical (unpaired) electrons. The van der Waals surface area contributed by atoms with Gasteiger partial charge in [-0.1, -0.05) is 12.1 Å². The van der Waals surface area contributed by atoms with Crippen molar-refractivity contribution in [2.24, 2.45) is 0 Å². The van der Waals surface area contributed by atoms with Gasteiger partial charge in [0, 0.05) is 36.6 Å². The van der Waals surface area contributed by atoms with Gasteiger partial charge in [-0.25, -0.2) is 4.79 Å². The van der Waals surface area contributed by atoms with Crippen molar-refractivity contribution >= 4 is 22.9 Å². The number of aryl methyl sites for hydroxylation is 2. The number of ether oxygens (including phenoxy) is 2. The molecule has 0 amide bonds. The van der Waals surface area contributed by atoms with Gasteiger partial charge in [0.1, 0.15) is 0 Å². The fraction of sp³-hybridized carbons (Fsp3) is 0.435. The number of para-hydroxylation sites is 2. The zero-order chi connectivity index (χ0) is 22.0. The van der Waals surface area contributed by atoms with Gasteiger partial charge in [-0.05, 0) is 44.9 Å². The number of benzene rings is 1. The molecular formula is C23H26N2O6. The number of ketones is 1. The van der Waals surface area contributed by atoms with E-state index in [4.69, 9.17) is 13.9 Å². The van der Waals surface area contributed by atoms with Crippen LogP contribution in [0.2, 0.25) is 0 Å². The first-order valence-corrected chi connectivity index (χ1v) is 10.5. The molecule has 1 unspecified atom stereocenters. The van der Waals surface area contributed by atoms with Gasteiger partial charge in [0.05, 0.1) is 18.0 Å². The van der Waals surface area contributed by atoms with E-state index < -0.39 is 11.7 Å². The minimum absolute atomic E-state index is 0.0330. The number of oxazole rings is 1. The fourth-order valence-electron chi connectivity index (χ4n) is 4.08. The second kappa shape index (κ2) is 8.93. The van der Waals surface area contributed by atoms with Gasteiger partial charge in [0.2, 0.25) is 5.78 Å². The Morgan fingerprint density at radius 2 is 2.00 bits per heavy atom. The molecule has 8 nitrogen and oxygen atoms in total. The SMILES string of the molecule is Cc1cc(C(=O)COC(=O)CCn2c(=O)oc3ccccc32)c(C)n1CC1CCCO1. The maximum Gasteiger partial charge on any atom is 0.419 e. The highest BCUT2D eigenvalue weighted by Gasteiger charge is 2.22. The summed E-state index contributed by atoms with van der Waals surface area (Å²) >= 11 is 0. The van der Waals surface area contributed by atoms with Crippen LogP contribution >= 0.6 is 0 Å². The smallest absolute Gasteiger partial charge is 0.419 e. The fourth-order valence-corrected chi connectivity index (χ4v) is 4.08. The van der Waals surface area contributed by atoms with Crippen LogP contribution in [-0.4, -0.2) is 40.2 Å². The molecule has 1 fully saturated rings. The molecule has 0 aliphatic carbocycles. The lowest BCUT2D eigenvalue weighted by Crippen LogP contribution is -2.20. The second-order valence-corrected chi connectivity index (χ2v) is 7.85. The summed E-state index contributed by atoms with van der Waals surface area (Å²) in [6, 6.07) is 8.84. The predicted octanol–water partition coefficient (Wildman–Crippen LogP) is 3.01. The van der Waals surface area contributed by atoms with Gasteiger partial charge in [0.15, 0.2) is 12.2 Å². The molecule has 0 bridgehead atoms. The number of carbonyl (C=O) groups is 2. The molecule has 1 atom stereocenters. The quantitative estimate of drug-likeness (QED) is 0.406. The van der Waals surface area contributed by atoms with Gasteiger partial charge in [-0.15, -0.1) is 0 Å². The molecular weight excluding hydrogens is 400 g/mol. The Balaban J connectivity index is 1.33. The molecule has 3 heterocycles. The number of nitrogens with zero attached hydrogens (tertiary/aromatic N) is 2. The van der Waals surface area contributed by atoms with Crippen LogP contribution in [0.15, 0.2) is 39.5 Å². The summed E-state index contributed by atoms with van der Waals surface area (Å²) < 4.78 is 19.5. The van der Waals surface area contributed by atoms with E-state index in [1.807, 2.05) is 19.9 Å². The lowest BCUT2D eigenvalue weighted by Gasteiger charge is -2.14. The normalized spacial score (nSPS) is 16.1. The zero-order valence-electron chi connectivity index (χ0n) is 17.8. The summed E-state index contributed by atoms with van der Waals surface area (Å²) in [6.07, 6.45) is 2.22. The zero-order valence-corrected chi connectivity index (χ0v) is 17.8. The Morgan fingerprint density at radius 1 is 1.19 bits per heavy atom. The highest BCUT2D eigenvalue weighted by atomic mass is 16.5. The Bertz CT molecular complexity index is 1160. The summed E-state index contributed by atoms with van der Waals surface area (Å²) in [5, 5.41) is 0. The highest BCUT2D eigenvalue weighted by Crippen LogP contribution is 2.21. The van der Waals surface area contributed by atoms with Crippen LogP contribution in [0.1, 0.15) is 41.0 Å². The van der Waals surface area contributed by atoms with Gasteiger partial charge in [-0.2, -0.15) is 0 Å². The average molecular weight is 426 g/mol. The van der Waals surface area contributed by atoms with Crippen LogP contribution < -0.4 is 5.76 Å². The van der Waals surface area contributed by atoms with E-state index in [2.05, 4.69) is 4.57 Å². The van der Waals surface area contributed by atoms with Gasteiger partial charge >= 0.3 is 11.7 Å². The van der Waals surface area contributed by atoms with E-state index in [1.54, 1.807) is 24.3 Å². The van der Waals surface area contributed by atoms with E-state index in [-0.39, 0.29) is 31.5 Å². The number of hydrogen-bond donors (Lipinski definition) is 0. The maximum absolute atomic E-state index is 12.6. The van der Waals surface area contributed by atoms with Crippen molar-refractivity contribution in [2.45, 2.75) is 52.3 Å². The number of fused-ring (bicyclic) bond motifs is 1. The monoisotopic (exact) mass is 426 g/mol. The Kier molecular flexibility index (Phi) is 6.08. The summed E-state index contributed by atoms with van der Waals surface area (Å²) in [5.74, 6) is -1.31. The van der Waals surface area contributed by atoms with Crippen LogP contribution in [0.4, 0.5) is 0 Å². The standard InChI is InChI=1S/C23H26N2O6/c1-15-12-18(16(2)25(15)13-17-6-5-11-29-17)20(26)14-30-22(27)9-10-24-19-7-3-4-8-21(19)31-23(24)28/h3-4,7-8,12,17H,5-6,9-11,13-14H2,1-2H3. The van der Waals surface area contributed by atoms with Crippen molar-refractivity contribution in [1.82, 2.24) is 9.13 Å². The summed E-state index contributed by atoms with van der Waals surface area (Å²) in [4.78, 5) is 36.8. The van der Waals surface area contributed by atoms with Crippen LogP contribution in [0.3, 0.4) is 0 Å². The number of aromatic nitrogens is 2. The molecule has 2 aromatic heterocycles. The number of hydrogen-bond acceptors (Lipinski definition) is 6. The third kappa shape index (κ3) is 4.49. The van der Waals surface area contributed by atoms with Gasteiger partial charge < -0.3 is 18.5 Å². The van der Waals surface area contributed by atoms with Crippen LogP contribution in [-0.2, 0) is 27.4 Å². The minimum Gasteiger partial charge on any atom is -0.457 e. The Hall–Kier alpha value is -3.13. The number of esters is 1. The molecule has 1 saturated heterocycles. The van der Waals surface area contributed by atoms with E-state index in [0.29, 0.717) is 16.7 Å². The van der Waals surface area contributed by atoms with Crippen molar-refractivity contribution in [3.05, 3.63) is 57.8 Å².